The molecule has 0 unspecified atom stereocenters. The van der Waals surface area contributed by atoms with E-state index in [2.05, 4.69) is 32.1 Å². The van der Waals surface area contributed by atoms with Crippen LogP contribution in [0.3, 0.4) is 0 Å². The normalized spacial score (nSPS) is 11.0. The van der Waals surface area contributed by atoms with Gasteiger partial charge < -0.3 is 59.5 Å². The SMILES string of the molecule is CCOc1ccc(N=C([S-])c2[nH+]c3ccccc3s2)cc1.CCOc1ccc(N=C([S-])c2[nH+]c3ccccc3s2)cc1.[Cl-].[Cl-].[Co+2]. The molecule has 0 saturated carbocycles. The number of para-hydroxylation sites is 2. The van der Waals surface area contributed by atoms with Gasteiger partial charge in [-0.25, -0.2) is 0 Å². The van der Waals surface area contributed by atoms with Crippen molar-refractivity contribution in [2.45, 2.75) is 13.8 Å². The molecule has 0 spiro atoms. The molecular weight excluding hydrogens is 730 g/mol. The Kier molecular flexibility index (Phi) is 16.1. The van der Waals surface area contributed by atoms with Crippen LogP contribution in [-0.4, -0.2) is 23.3 Å². The van der Waals surface area contributed by atoms with Crippen LogP contribution in [0.5, 0.6) is 11.5 Å². The van der Waals surface area contributed by atoms with Gasteiger partial charge in [0.1, 0.15) is 20.9 Å². The largest absolute Gasteiger partial charge is 2.00 e. The molecule has 0 fully saturated rings. The van der Waals surface area contributed by atoms with E-state index < -0.39 is 0 Å². The number of aromatic amines is 2. The molecule has 45 heavy (non-hydrogen) atoms. The number of aromatic nitrogens is 2. The van der Waals surface area contributed by atoms with Gasteiger partial charge >= 0.3 is 16.8 Å². The summed E-state index contributed by atoms with van der Waals surface area (Å²) < 4.78 is 13.2. The molecule has 2 N–H and O–H groups in total. The monoisotopic (exact) mass is 757 g/mol. The van der Waals surface area contributed by atoms with Crippen molar-refractivity contribution in [1.82, 2.24) is 0 Å². The summed E-state index contributed by atoms with van der Waals surface area (Å²) in [4.78, 5) is 15.6. The average Bonchev–Trinajstić information content (AvgIpc) is 3.65. The number of hydrogen-bond donors (Lipinski definition) is 0. The molecule has 0 saturated heterocycles. The molecule has 0 aliphatic rings. The first-order valence-electron chi connectivity index (χ1n) is 13.3. The van der Waals surface area contributed by atoms with Crippen molar-refractivity contribution >= 4 is 89.8 Å². The van der Waals surface area contributed by atoms with Crippen LogP contribution in [0.4, 0.5) is 11.4 Å². The van der Waals surface area contributed by atoms with E-state index in [0.717, 1.165) is 43.9 Å². The van der Waals surface area contributed by atoms with Crippen LogP contribution in [0, 0.1) is 0 Å². The number of nitrogens with zero attached hydrogens (tertiary/aromatic N) is 2. The molecule has 0 aliphatic heterocycles. The van der Waals surface area contributed by atoms with Gasteiger partial charge in [0.2, 0.25) is 11.0 Å². The summed E-state index contributed by atoms with van der Waals surface area (Å²) in [7, 11) is 0. The molecule has 6 rings (SSSR count). The third-order valence-electron chi connectivity index (χ3n) is 5.84. The van der Waals surface area contributed by atoms with Crippen molar-refractivity contribution in [2.75, 3.05) is 13.2 Å². The summed E-state index contributed by atoms with van der Waals surface area (Å²) in [5.41, 5.74) is 3.83. The number of hydrogen-bond acceptors (Lipinski definition) is 8. The maximum absolute atomic E-state index is 5.41. The fourth-order valence-electron chi connectivity index (χ4n) is 3.93. The number of nitrogens with one attached hydrogen (secondary N) is 2. The van der Waals surface area contributed by atoms with E-state index in [9.17, 15) is 0 Å². The first-order chi connectivity index (χ1) is 20.5. The molecule has 2 heterocycles. The van der Waals surface area contributed by atoms with Gasteiger partial charge in [-0.3, -0.25) is 9.98 Å². The van der Waals surface area contributed by atoms with Crippen LogP contribution in [0.1, 0.15) is 23.9 Å². The molecule has 6 aromatic rings. The van der Waals surface area contributed by atoms with Crippen LogP contribution in [-0.2, 0) is 42.0 Å². The van der Waals surface area contributed by atoms with Gasteiger partial charge in [0, 0.05) is 22.2 Å². The van der Waals surface area contributed by atoms with Crippen LogP contribution in [0.2, 0.25) is 0 Å². The number of fused-ring (bicyclic) bond motifs is 2. The molecule has 235 valence electrons. The average molecular weight is 759 g/mol. The summed E-state index contributed by atoms with van der Waals surface area (Å²) >= 11 is 14.1. The molecule has 0 aliphatic carbocycles. The van der Waals surface area contributed by atoms with E-state index >= 15 is 0 Å². The standard InChI is InChI=1S/2C16H14N2OS2.2ClH.Co/c2*1-2-19-12-9-7-11(8-10-12)17-15(20)16-18-13-5-3-4-6-14(13)21-16;;;/h2*3-10H,2H2,1H3,(H,17,20);2*1H;/q;;;;+2/p-2. The van der Waals surface area contributed by atoms with Gasteiger partial charge in [0.25, 0.3) is 10.0 Å². The number of halogens is 2. The second kappa shape index (κ2) is 18.9. The number of benzene rings is 4. The van der Waals surface area contributed by atoms with Gasteiger partial charge in [-0.2, -0.15) is 9.97 Å². The maximum Gasteiger partial charge on any atom is 2.00 e. The van der Waals surface area contributed by atoms with Gasteiger partial charge in [0.15, 0.2) is 0 Å². The Morgan fingerprint density at radius 1 is 0.600 bits per heavy atom. The molecule has 2 aromatic heterocycles. The molecule has 1 radical (unpaired) electrons. The zero-order chi connectivity index (χ0) is 29.3. The van der Waals surface area contributed by atoms with Gasteiger partial charge in [-0.1, -0.05) is 46.9 Å². The summed E-state index contributed by atoms with van der Waals surface area (Å²) in [6, 6.07) is 31.5. The van der Waals surface area contributed by atoms with E-state index in [0.29, 0.717) is 23.3 Å². The number of H-pyrrole nitrogens is 2. The van der Waals surface area contributed by atoms with Crippen molar-refractivity contribution < 1.29 is 61.0 Å². The zero-order valence-electron chi connectivity index (χ0n) is 24.1. The maximum atomic E-state index is 5.41. The van der Waals surface area contributed by atoms with Gasteiger partial charge in [-0.05, 0) is 74.5 Å². The minimum Gasteiger partial charge on any atom is -1.00 e. The first-order valence-corrected chi connectivity index (χ1v) is 15.8. The third kappa shape index (κ3) is 10.6. The Morgan fingerprint density at radius 3 is 1.29 bits per heavy atom. The summed E-state index contributed by atoms with van der Waals surface area (Å²) in [5.74, 6) is 1.69. The van der Waals surface area contributed by atoms with Crippen molar-refractivity contribution in [1.29, 1.82) is 0 Å². The molecule has 4 aromatic carbocycles. The Bertz CT molecular complexity index is 1640. The second-order valence-electron chi connectivity index (χ2n) is 8.79. The topological polar surface area (TPSA) is 71.5 Å². The van der Waals surface area contributed by atoms with Crippen LogP contribution in [0.15, 0.2) is 107 Å². The van der Waals surface area contributed by atoms with Crippen molar-refractivity contribution in [2.24, 2.45) is 9.98 Å². The van der Waals surface area contributed by atoms with Gasteiger partial charge in [-0.15, -0.1) is 0 Å². The first kappa shape index (κ1) is 38.3. The number of thiazole rings is 2. The number of ether oxygens (including phenoxy) is 2. The number of aliphatic imine (C=N–C) groups is 2. The fourth-order valence-corrected chi connectivity index (χ4v) is 6.27. The van der Waals surface area contributed by atoms with Crippen LogP contribution < -0.4 is 44.3 Å². The quantitative estimate of drug-likeness (QED) is 0.134. The molecule has 13 heteroatoms. The Balaban J connectivity index is 0.000000294. The fraction of sp³-hybridized carbons (Fsp3) is 0.125. The van der Waals surface area contributed by atoms with E-state index in [1.165, 1.54) is 9.40 Å². The Morgan fingerprint density at radius 2 is 0.956 bits per heavy atom. The Hall–Kier alpha value is -2.87. The summed E-state index contributed by atoms with van der Waals surface area (Å²) in [6.07, 6.45) is 0. The van der Waals surface area contributed by atoms with E-state index in [1.807, 2.05) is 98.8 Å². The predicted octanol–water partition coefficient (Wildman–Crippen LogP) is 1.48. The molecule has 6 nitrogen and oxygen atoms in total. The predicted molar refractivity (Wildman–Crippen MR) is 179 cm³/mol. The minimum absolute atomic E-state index is 0. The van der Waals surface area contributed by atoms with Crippen LogP contribution in [0.25, 0.3) is 20.4 Å². The minimum atomic E-state index is 0. The van der Waals surface area contributed by atoms with E-state index in [1.54, 1.807) is 22.7 Å². The number of rotatable bonds is 8. The second-order valence-corrected chi connectivity index (χ2v) is 11.7. The Labute approximate surface area is 304 Å². The van der Waals surface area contributed by atoms with Crippen molar-refractivity contribution in [3.8, 4) is 11.5 Å². The summed E-state index contributed by atoms with van der Waals surface area (Å²) in [5, 5.41) is 2.95. The molecule has 0 atom stereocenters. The third-order valence-corrected chi connectivity index (χ3v) is 8.84. The molecule has 0 bridgehead atoms. The smallest absolute Gasteiger partial charge is 1.00 e. The van der Waals surface area contributed by atoms with Gasteiger partial charge in [0.05, 0.1) is 24.6 Å². The van der Waals surface area contributed by atoms with E-state index in [-0.39, 0.29) is 41.6 Å². The summed E-state index contributed by atoms with van der Waals surface area (Å²) in [6.45, 7) is 5.24. The van der Waals surface area contributed by atoms with Crippen LogP contribution >= 0.6 is 22.7 Å². The van der Waals surface area contributed by atoms with Crippen molar-refractivity contribution in [3.63, 3.8) is 0 Å². The zero-order valence-corrected chi connectivity index (χ0v) is 29.9. The van der Waals surface area contributed by atoms with Crippen molar-refractivity contribution in [3.05, 3.63) is 107 Å². The molecular formula is C32H28Cl2CoN4O2S4. The molecule has 0 amide bonds. The van der Waals surface area contributed by atoms with E-state index in [4.69, 9.17) is 34.7 Å².